The van der Waals surface area contributed by atoms with Gasteiger partial charge < -0.3 is 9.64 Å². The minimum Gasteiger partial charge on any atom is -0.444 e. The predicted octanol–water partition coefficient (Wildman–Crippen LogP) is 2.44. The van der Waals surface area contributed by atoms with Crippen LogP contribution in [0.25, 0.3) is 0 Å². The summed E-state index contributed by atoms with van der Waals surface area (Å²) in [5.74, 6) is 0. The molecule has 1 amide bonds. The molecule has 6 heteroatoms. The van der Waals surface area contributed by atoms with Gasteiger partial charge in [-0.15, -0.1) is 0 Å². The third kappa shape index (κ3) is 4.02. The van der Waals surface area contributed by atoms with Crippen LogP contribution in [-0.4, -0.2) is 65.5 Å². The fourth-order valence-corrected chi connectivity index (χ4v) is 3.62. The van der Waals surface area contributed by atoms with E-state index in [4.69, 9.17) is 4.74 Å². The number of carbonyl (C=O) groups excluding carboxylic acids is 1. The van der Waals surface area contributed by atoms with Crippen molar-refractivity contribution in [2.75, 3.05) is 40.3 Å². The van der Waals surface area contributed by atoms with Crippen LogP contribution in [-0.2, 0) is 4.74 Å². The van der Waals surface area contributed by atoms with Crippen molar-refractivity contribution in [1.82, 2.24) is 13.5 Å². The minimum absolute atomic E-state index is 0.159. The van der Waals surface area contributed by atoms with Crippen molar-refractivity contribution in [1.29, 1.82) is 0 Å². The predicted molar refractivity (Wildman–Crippen MR) is 82.3 cm³/mol. The Labute approximate surface area is 126 Å². The van der Waals surface area contributed by atoms with Gasteiger partial charge in [0.1, 0.15) is 5.60 Å². The normalized spacial score (nSPS) is 23.0. The van der Waals surface area contributed by atoms with Crippen LogP contribution in [0, 0.1) is 5.41 Å². The molecule has 2 aliphatic heterocycles. The number of hydrogen-bond donors (Lipinski definition) is 0. The molecule has 0 aromatic rings. The molecule has 0 aliphatic carbocycles. The van der Waals surface area contributed by atoms with Crippen molar-refractivity contribution in [3.8, 4) is 0 Å². The summed E-state index contributed by atoms with van der Waals surface area (Å²) in [6.45, 7) is 9.67. The molecule has 0 atom stereocenters. The van der Waals surface area contributed by atoms with Gasteiger partial charge >= 0.3 is 6.09 Å². The minimum atomic E-state index is -0.397. The average Bonchev–Trinajstić information content (AvgIpc) is 2.24. The maximum atomic E-state index is 12.0. The van der Waals surface area contributed by atoms with Crippen molar-refractivity contribution < 1.29 is 9.53 Å². The second-order valence-corrected chi connectivity index (χ2v) is 8.57. The van der Waals surface area contributed by atoms with Crippen LogP contribution in [0.15, 0.2) is 0 Å². The first-order chi connectivity index (χ1) is 9.19. The number of rotatable bonds is 2. The standard InChI is InChI=1S/C14H27N3O2S/c1-13(2,3)19-12(18)16-10-14(11-16)6-8-17(9-7-14)20-15(4)5/h6-11H2,1-5H3. The van der Waals surface area contributed by atoms with Gasteiger partial charge in [-0.25, -0.2) is 13.4 Å². The Hall–Kier alpha value is -0.460. The number of amides is 1. The van der Waals surface area contributed by atoms with Crippen LogP contribution in [0.1, 0.15) is 33.6 Å². The molecule has 2 saturated heterocycles. The van der Waals surface area contributed by atoms with Crippen LogP contribution in [0.5, 0.6) is 0 Å². The van der Waals surface area contributed by atoms with Crippen molar-refractivity contribution >= 4 is 18.2 Å². The maximum absolute atomic E-state index is 12.0. The fourth-order valence-electron chi connectivity index (χ4n) is 2.81. The van der Waals surface area contributed by atoms with Crippen molar-refractivity contribution in [2.45, 2.75) is 39.2 Å². The second-order valence-electron chi connectivity index (χ2n) is 7.16. The number of nitrogens with zero attached hydrogens (tertiary/aromatic N) is 3. The quantitative estimate of drug-likeness (QED) is 0.732. The van der Waals surface area contributed by atoms with E-state index in [-0.39, 0.29) is 6.09 Å². The first-order valence-electron chi connectivity index (χ1n) is 7.27. The molecule has 0 unspecified atom stereocenters. The van der Waals surface area contributed by atoms with E-state index in [9.17, 15) is 4.79 Å². The SMILES string of the molecule is CN(C)SN1CCC2(CC1)CN(C(=O)OC(C)(C)C)C2. The van der Waals surface area contributed by atoms with Gasteiger partial charge in [0.2, 0.25) is 0 Å². The van der Waals surface area contributed by atoms with Crippen LogP contribution in [0.4, 0.5) is 4.79 Å². The zero-order valence-corrected chi connectivity index (χ0v) is 14.1. The first kappa shape index (κ1) is 15.9. The molecule has 2 aliphatic rings. The Morgan fingerprint density at radius 2 is 1.75 bits per heavy atom. The summed E-state index contributed by atoms with van der Waals surface area (Å²) in [5.41, 5.74) is -0.0498. The highest BCUT2D eigenvalue weighted by atomic mass is 32.2. The summed E-state index contributed by atoms with van der Waals surface area (Å²) in [5, 5.41) is 0. The average molecular weight is 301 g/mol. The monoisotopic (exact) mass is 301 g/mol. The Morgan fingerprint density at radius 3 is 2.20 bits per heavy atom. The number of piperidine rings is 1. The maximum Gasteiger partial charge on any atom is 0.410 e. The Kier molecular flexibility index (Phi) is 4.56. The summed E-state index contributed by atoms with van der Waals surface area (Å²) in [4.78, 5) is 13.8. The van der Waals surface area contributed by atoms with Gasteiger partial charge in [-0.2, -0.15) is 0 Å². The van der Waals surface area contributed by atoms with Gasteiger partial charge in [0.15, 0.2) is 0 Å². The lowest BCUT2D eigenvalue weighted by molar-refractivity contribution is -0.0516. The zero-order chi connectivity index (χ0) is 15.0. The number of hydrogen-bond acceptors (Lipinski definition) is 5. The highest BCUT2D eigenvalue weighted by Crippen LogP contribution is 2.42. The smallest absolute Gasteiger partial charge is 0.410 e. The Morgan fingerprint density at radius 1 is 1.20 bits per heavy atom. The highest BCUT2D eigenvalue weighted by Gasteiger charge is 2.47. The van der Waals surface area contributed by atoms with Crippen LogP contribution in [0.3, 0.4) is 0 Å². The molecule has 0 N–H and O–H groups in total. The van der Waals surface area contributed by atoms with E-state index >= 15 is 0 Å². The van der Waals surface area contributed by atoms with E-state index in [0.29, 0.717) is 5.41 Å². The van der Waals surface area contributed by atoms with Crippen molar-refractivity contribution in [3.05, 3.63) is 0 Å². The van der Waals surface area contributed by atoms with Gasteiger partial charge in [0.25, 0.3) is 0 Å². The summed E-state index contributed by atoms with van der Waals surface area (Å²) < 4.78 is 9.95. The molecule has 0 bridgehead atoms. The van der Waals surface area contributed by atoms with Gasteiger partial charge in [0, 0.05) is 43.7 Å². The molecule has 116 valence electrons. The molecular weight excluding hydrogens is 274 g/mol. The van der Waals surface area contributed by atoms with Gasteiger partial charge in [0.05, 0.1) is 0 Å². The molecule has 20 heavy (non-hydrogen) atoms. The molecule has 1 spiro atoms. The molecule has 0 aromatic heterocycles. The van der Waals surface area contributed by atoms with Gasteiger partial charge in [-0.05, 0) is 47.7 Å². The van der Waals surface area contributed by atoms with Crippen molar-refractivity contribution in [3.63, 3.8) is 0 Å². The molecule has 2 heterocycles. The summed E-state index contributed by atoms with van der Waals surface area (Å²) in [6, 6.07) is 0. The van der Waals surface area contributed by atoms with E-state index in [1.54, 1.807) is 12.1 Å². The van der Waals surface area contributed by atoms with Crippen LogP contribution < -0.4 is 0 Å². The Bertz CT molecular complexity index is 352. The van der Waals surface area contributed by atoms with E-state index in [0.717, 1.165) is 26.2 Å². The van der Waals surface area contributed by atoms with Crippen LogP contribution >= 0.6 is 12.1 Å². The van der Waals surface area contributed by atoms with Crippen LogP contribution in [0.2, 0.25) is 0 Å². The van der Waals surface area contributed by atoms with E-state index < -0.39 is 5.60 Å². The van der Waals surface area contributed by atoms with Crippen molar-refractivity contribution in [2.24, 2.45) is 5.41 Å². The lowest BCUT2D eigenvalue weighted by atomic mass is 9.72. The third-order valence-corrected chi connectivity index (χ3v) is 4.69. The van der Waals surface area contributed by atoms with Gasteiger partial charge in [-0.1, -0.05) is 0 Å². The molecular formula is C14H27N3O2S. The lowest BCUT2D eigenvalue weighted by Crippen LogP contribution is -2.62. The molecule has 0 saturated carbocycles. The lowest BCUT2D eigenvalue weighted by Gasteiger charge is -2.53. The molecule has 5 nitrogen and oxygen atoms in total. The second kappa shape index (κ2) is 5.73. The number of likely N-dealkylation sites (tertiary alicyclic amines) is 1. The number of ether oxygens (including phenoxy) is 1. The highest BCUT2D eigenvalue weighted by molar-refractivity contribution is 7.94. The zero-order valence-electron chi connectivity index (χ0n) is 13.3. The summed E-state index contributed by atoms with van der Waals surface area (Å²) in [7, 11) is 4.14. The molecule has 2 rings (SSSR count). The first-order valence-corrected chi connectivity index (χ1v) is 8.00. The van der Waals surface area contributed by atoms with Gasteiger partial charge in [-0.3, -0.25) is 0 Å². The summed E-state index contributed by atoms with van der Waals surface area (Å²) >= 11 is 1.79. The Balaban J connectivity index is 1.75. The number of carbonyl (C=O) groups is 1. The fraction of sp³-hybridized carbons (Fsp3) is 0.929. The molecule has 0 radical (unpaired) electrons. The largest absolute Gasteiger partial charge is 0.444 e. The van der Waals surface area contributed by atoms with E-state index in [1.165, 1.54) is 12.8 Å². The summed E-state index contributed by atoms with van der Waals surface area (Å²) in [6.07, 6.45) is 2.19. The molecule has 0 aromatic carbocycles. The topological polar surface area (TPSA) is 36.0 Å². The third-order valence-electron chi connectivity index (χ3n) is 3.77. The van der Waals surface area contributed by atoms with E-state index in [1.807, 2.05) is 25.7 Å². The molecule has 2 fully saturated rings. The van der Waals surface area contributed by atoms with E-state index in [2.05, 4.69) is 22.7 Å².